The van der Waals surface area contributed by atoms with E-state index in [2.05, 4.69) is 20.3 Å². The lowest BCUT2D eigenvalue weighted by molar-refractivity contribution is -0.138. The molecule has 2 fully saturated rings. The molecule has 0 saturated carbocycles. The van der Waals surface area contributed by atoms with Crippen molar-refractivity contribution >= 4 is 28.7 Å². The van der Waals surface area contributed by atoms with Crippen LogP contribution in [0.2, 0.25) is 0 Å². The molecular weight excluding hydrogens is 483 g/mol. The summed E-state index contributed by atoms with van der Waals surface area (Å²) in [5, 5.41) is 2.38. The van der Waals surface area contributed by atoms with Gasteiger partial charge >= 0.3 is 12.2 Å². The second-order valence-corrected chi connectivity index (χ2v) is 8.67. The first-order chi connectivity index (χ1) is 17.2. The summed E-state index contributed by atoms with van der Waals surface area (Å²) in [6.45, 7) is 1.48. The maximum absolute atomic E-state index is 13.2. The fraction of sp³-hybridized carbons (Fsp3) is 0.455. The van der Waals surface area contributed by atoms with E-state index < -0.39 is 29.0 Å². The predicted octanol–water partition coefficient (Wildman–Crippen LogP) is 2.20. The Labute approximate surface area is 202 Å². The number of hydrogen-bond donors (Lipinski definition) is 2. The van der Waals surface area contributed by atoms with Crippen LogP contribution in [0.5, 0.6) is 5.75 Å². The quantitative estimate of drug-likeness (QED) is 0.558. The van der Waals surface area contributed by atoms with Crippen molar-refractivity contribution in [2.24, 2.45) is 7.05 Å². The van der Waals surface area contributed by atoms with Crippen LogP contribution in [0, 0.1) is 0 Å². The Morgan fingerprint density at radius 3 is 2.89 bits per heavy atom. The SMILES string of the molecule is COc1c[nH]c2ncc(N3CC[C@H]4[C@H](C3)OCCN4C(=O)Nc3cc(C(F)(F)F)cn(C)c3=O)nc12. The number of halogens is 3. The summed E-state index contributed by atoms with van der Waals surface area (Å²) in [6.07, 6.45) is -0.454. The number of H-pyrrole nitrogens is 1. The van der Waals surface area contributed by atoms with E-state index >= 15 is 0 Å². The van der Waals surface area contributed by atoms with Crippen molar-refractivity contribution in [1.29, 1.82) is 0 Å². The molecule has 192 valence electrons. The number of rotatable bonds is 3. The molecule has 0 radical (unpaired) electrons. The van der Waals surface area contributed by atoms with Crippen molar-refractivity contribution in [3.63, 3.8) is 0 Å². The molecule has 2 saturated heterocycles. The summed E-state index contributed by atoms with van der Waals surface area (Å²) in [5.74, 6) is 1.21. The Kier molecular flexibility index (Phi) is 5.98. The van der Waals surface area contributed by atoms with Crippen molar-refractivity contribution in [2.45, 2.75) is 24.7 Å². The number of amides is 2. The van der Waals surface area contributed by atoms with Gasteiger partial charge in [0.25, 0.3) is 5.56 Å². The number of carbonyl (C=O) groups is 1. The minimum atomic E-state index is -4.65. The number of alkyl halides is 3. The lowest BCUT2D eigenvalue weighted by Gasteiger charge is -2.46. The van der Waals surface area contributed by atoms with E-state index in [1.807, 2.05) is 4.90 Å². The second kappa shape index (κ2) is 9.00. The molecule has 0 unspecified atom stereocenters. The molecule has 2 aliphatic heterocycles. The number of aromatic amines is 1. The van der Waals surface area contributed by atoms with E-state index in [1.54, 1.807) is 19.5 Å². The zero-order chi connectivity index (χ0) is 25.6. The van der Waals surface area contributed by atoms with E-state index in [0.717, 1.165) is 4.57 Å². The molecule has 2 N–H and O–H groups in total. The van der Waals surface area contributed by atoms with Gasteiger partial charge in [0, 0.05) is 39.1 Å². The molecule has 0 aliphatic carbocycles. The number of methoxy groups -OCH3 is 1. The number of anilines is 2. The normalized spacial score (nSPS) is 20.4. The molecule has 2 amide bonds. The van der Waals surface area contributed by atoms with Gasteiger partial charge in [-0.15, -0.1) is 0 Å². The molecule has 14 heteroatoms. The maximum atomic E-state index is 13.2. The van der Waals surface area contributed by atoms with E-state index in [-0.39, 0.29) is 25.3 Å². The molecule has 0 bridgehead atoms. The molecule has 36 heavy (non-hydrogen) atoms. The number of carbonyl (C=O) groups excluding carboxylic acids is 1. The third kappa shape index (κ3) is 4.32. The Morgan fingerprint density at radius 2 is 2.14 bits per heavy atom. The lowest BCUT2D eigenvalue weighted by atomic mass is 9.98. The van der Waals surface area contributed by atoms with Crippen molar-refractivity contribution in [1.82, 2.24) is 24.4 Å². The van der Waals surface area contributed by atoms with Gasteiger partial charge in [-0.3, -0.25) is 4.79 Å². The van der Waals surface area contributed by atoms with Crippen LogP contribution < -0.4 is 20.5 Å². The summed E-state index contributed by atoms with van der Waals surface area (Å²) in [6, 6.07) is -0.301. The number of nitrogens with one attached hydrogen (secondary N) is 2. The summed E-state index contributed by atoms with van der Waals surface area (Å²) >= 11 is 0. The second-order valence-electron chi connectivity index (χ2n) is 8.67. The molecule has 2 atom stereocenters. The van der Waals surface area contributed by atoms with Gasteiger partial charge in [-0.05, 0) is 12.5 Å². The fourth-order valence-electron chi connectivity index (χ4n) is 4.66. The van der Waals surface area contributed by atoms with Crippen LogP contribution in [0.4, 0.5) is 29.5 Å². The zero-order valence-corrected chi connectivity index (χ0v) is 19.5. The van der Waals surface area contributed by atoms with Gasteiger partial charge in [-0.25, -0.2) is 14.8 Å². The van der Waals surface area contributed by atoms with Crippen LogP contribution in [0.25, 0.3) is 11.2 Å². The molecule has 5 rings (SSSR count). The van der Waals surface area contributed by atoms with Crippen molar-refractivity contribution < 1.29 is 27.4 Å². The molecule has 3 aromatic rings. The van der Waals surface area contributed by atoms with E-state index in [0.29, 0.717) is 54.5 Å². The number of aryl methyl sites for hydroxylation is 1. The van der Waals surface area contributed by atoms with Gasteiger partial charge in [0.05, 0.1) is 37.6 Å². The van der Waals surface area contributed by atoms with E-state index in [9.17, 15) is 22.8 Å². The first-order valence-electron chi connectivity index (χ1n) is 11.3. The lowest BCUT2D eigenvalue weighted by Crippen LogP contribution is -2.61. The molecule has 5 heterocycles. The predicted molar refractivity (Wildman–Crippen MR) is 123 cm³/mol. The number of nitrogens with zero attached hydrogens (tertiary/aromatic N) is 5. The standard InChI is InChI=1S/C22H24F3N7O4/c1-30-10-12(22(23,24)25)7-13(20(30)33)28-21(34)32-5-6-36-16-11-31(4-3-14(16)32)17-9-27-19-18(29-17)15(35-2)8-26-19/h7-10,14,16H,3-6,11H2,1-2H3,(H,26,27)(H,28,34)/t14-,16-/m0/s1. The Balaban J connectivity index is 1.32. The first-order valence-corrected chi connectivity index (χ1v) is 11.3. The Hall–Kier alpha value is -3.81. The molecule has 3 aromatic heterocycles. The number of ether oxygens (including phenoxy) is 2. The number of fused-ring (bicyclic) bond motifs is 2. The third-order valence-corrected chi connectivity index (χ3v) is 6.48. The number of morpholine rings is 1. The van der Waals surface area contributed by atoms with Crippen LogP contribution in [0.15, 0.2) is 29.5 Å². The van der Waals surface area contributed by atoms with Crippen LogP contribution in [0.3, 0.4) is 0 Å². The van der Waals surface area contributed by atoms with Crippen molar-refractivity contribution in [2.75, 3.05) is 43.6 Å². The van der Waals surface area contributed by atoms with Gasteiger partial charge in [0.15, 0.2) is 16.9 Å². The number of urea groups is 1. The molecular formula is C22H24F3N7O4. The number of pyridine rings is 1. The summed E-state index contributed by atoms with van der Waals surface area (Å²) in [4.78, 5) is 41.0. The largest absolute Gasteiger partial charge is 0.493 e. The maximum Gasteiger partial charge on any atom is 0.417 e. The van der Waals surface area contributed by atoms with Gasteiger partial charge in [0.2, 0.25) is 0 Å². The van der Waals surface area contributed by atoms with E-state index in [4.69, 9.17) is 9.47 Å². The summed E-state index contributed by atoms with van der Waals surface area (Å²) in [5.41, 5.74) is -0.981. The van der Waals surface area contributed by atoms with E-state index in [1.165, 1.54) is 11.9 Å². The molecule has 0 aromatic carbocycles. The average Bonchev–Trinajstić information content (AvgIpc) is 3.27. The van der Waals surface area contributed by atoms with Crippen LogP contribution in [0.1, 0.15) is 12.0 Å². The van der Waals surface area contributed by atoms with Crippen LogP contribution in [-0.4, -0.2) is 75.9 Å². The minimum absolute atomic E-state index is 0.249. The summed E-state index contributed by atoms with van der Waals surface area (Å²) < 4.78 is 51.7. The average molecular weight is 507 g/mol. The van der Waals surface area contributed by atoms with Crippen molar-refractivity contribution in [3.8, 4) is 5.75 Å². The van der Waals surface area contributed by atoms with Gasteiger partial charge < -0.3 is 34.1 Å². The van der Waals surface area contributed by atoms with Gasteiger partial charge in [-0.1, -0.05) is 0 Å². The number of piperidine rings is 1. The third-order valence-electron chi connectivity index (χ3n) is 6.48. The number of aromatic nitrogens is 4. The summed E-state index contributed by atoms with van der Waals surface area (Å²) in [7, 11) is 2.75. The molecule has 0 spiro atoms. The van der Waals surface area contributed by atoms with Gasteiger partial charge in [-0.2, -0.15) is 13.2 Å². The monoisotopic (exact) mass is 507 g/mol. The van der Waals surface area contributed by atoms with Crippen molar-refractivity contribution in [3.05, 3.63) is 40.6 Å². The van der Waals surface area contributed by atoms with Crippen LogP contribution in [-0.2, 0) is 18.0 Å². The molecule has 11 nitrogen and oxygen atoms in total. The Bertz CT molecular complexity index is 1360. The minimum Gasteiger partial charge on any atom is -0.493 e. The highest BCUT2D eigenvalue weighted by Gasteiger charge is 2.40. The highest BCUT2D eigenvalue weighted by Crippen LogP contribution is 2.31. The zero-order valence-electron chi connectivity index (χ0n) is 19.5. The highest BCUT2D eigenvalue weighted by molar-refractivity contribution is 5.89. The van der Waals surface area contributed by atoms with Crippen LogP contribution >= 0.6 is 0 Å². The van der Waals surface area contributed by atoms with Gasteiger partial charge in [0.1, 0.15) is 11.5 Å². The first kappa shape index (κ1) is 23.9. The highest BCUT2D eigenvalue weighted by atomic mass is 19.4. The smallest absolute Gasteiger partial charge is 0.417 e. The topological polar surface area (TPSA) is 118 Å². The Morgan fingerprint density at radius 1 is 1.33 bits per heavy atom. The number of hydrogen-bond acceptors (Lipinski definition) is 7. The fourth-order valence-corrected chi connectivity index (χ4v) is 4.66. The molecule has 2 aliphatic rings.